The summed E-state index contributed by atoms with van der Waals surface area (Å²) in [6.07, 6.45) is 6.64. The van der Waals surface area contributed by atoms with Crippen molar-refractivity contribution in [2.24, 2.45) is 4.99 Å². The fraction of sp³-hybridized carbons (Fsp3) is 0.700. The van der Waals surface area contributed by atoms with Gasteiger partial charge in [0.25, 0.3) is 0 Å². The summed E-state index contributed by atoms with van der Waals surface area (Å²) in [4.78, 5) is 4.22. The van der Waals surface area contributed by atoms with Crippen LogP contribution in [0, 0.1) is 0 Å². The molecule has 1 aliphatic rings. The van der Waals surface area contributed by atoms with Gasteiger partial charge in [-0.05, 0) is 18.9 Å². The SMILES string of the molecule is CC.CCCC1=CC(C)N=C1. The summed E-state index contributed by atoms with van der Waals surface area (Å²) in [6.45, 7) is 8.30. The minimum Gasteiger partial charge on any atom is -0.286 e. The summed E-state index contributed by atoms with van der Waals surface area (Å²) in [7, 11) is 0. The van der Waals surface area contributed by atoms with Crippen LogP contribution in [0.3, 0.4) is 0 Å². The van der Waals surface area contributed by atoms with Gasteiger partial charge in [-0.2, -0.15) is 0 Å². The maximum atomic E-state index is 4.22. The van der Waals surface area contributed by atoms with E-state index in [0.29, 0.717) is 6.04 Å². The predicted octanol–water partition coefficient (Wildman–Crippen LogP) is 3.21. The maximum Gasteiger partial charge on any atom is 0.0657 e. The standard InChI is InChI=1S/C8H13N.C2H6/c1-3-4-8-5-7(2)9-6-8;1-2/h5-7H,3-4H2,1-2H3;1-2H3. The third-order valence-corrected chi connectivity index (χ3v) is 1.47. The lowest BCUT2D eigenvalue weighted by molar-refractivity contribution is 0.918. The molecular weight excluding hydrogens is 134 g/mol. The molecule has 1 rings (SSSR count). The highest BCUT2D eigenvalue weighted by Gasteiger charge is 2.02. The maximum absolute atomic E-state index is 4.22. The van der Waals surface area contributed by atoms with Crippen molar-refractivity contribution in [2.45, 2.75) is 46.6 Å². The lowest BCUT2D eigenvalue weighted by Crippen LogP contribution is -1.84. The number of aliphatic imine (C=N–C) groups is 1. The van der Waals surface area contributed by atoms with Crippen molar-refractivity contribution >= 4 is 6.21 Å². The van der Waals surface area contributed by atoms with E-state index in [1.807, 2.05) is 20.1 Å². The van der Waals surface area contributed by atoms with Crippen LogP contribution in [0.1, 0.15) is 40.5 Å². The van der Waals surface area contributed by atoms with Gasteiger partial charge in [0.15, 0.2) is 0 Å². The lowest BCUT2D eigenvalue weighted by Gasteiger charge is -1.90. The van der Waals surface area contributed by atoms with Gasteiger partial charge < -0.3 is 0 Å². The Labute approximate surface area is 70.2 Å². The van der Waals surface area contributed by atoms with E-state index >= 15 is 0 Å². The number of allylic oxidation sites excluding steroid dienone is 1. The van der Waals surface area contributed by atoms with Crippen LogP contribution < -0.4 is 0 Å². The van der Waals surface area contributed by atoms with Crippen molar-refractivity contribution in [3.05, 3.63) is 11.6 Å². The van der Waals surface area contributed by atoms with E-state index in [1.54, 1.807) is 0 Å². The average molecular weight is 153 g/mol. The second-order valence-electron chi connectivity index (χ2n) is 2.51. The number of hydrogen-bond donors (Lipinski definition) is 0. The summed E-state index contributed by atoms with van der Waals surface area (Å²) in [5, 5.41) is 0. The molecule has 11 heavy (non-hydrogen) atoms. The van der Waals surface area contributed by atoms with E-state index in [4.69, 9.17) is 0 Å². The van der Waals surface area contributed by atoms with E-state index < -0.39 is 0 Å². The highest BCUT2D eigenvalue weighted by Crippen LogP contribution is 2.10. The molecule has 1 aliphatic heterocycles. The number of hydrogen-bond acceptors (Lipinski definition) is 1. The van der Waals surface area contributed by atoms with Crippen molar-refractivity contribution in [3.8, 4) is 0 Å². The van der Waals surface area contributed by atoms with E-state index in [1.165, 1.54) is 18.4 Å². The van der Waals surface area contributed by atoms with Crippen molar-refractivity contribution in [3.63, 3.8) is 0 Å². The van der Waals surface area contributed by atoms with Gasteiger partial charge >= 0.3 is 0 Å². The Morgan fingerprint density at radius 1 is 1.45 bits per heavy atom. The Morgan fingerprint density at radius 3 is 2.45 bits per heavy atom. The highest BCUT2D eigenvalue weighted by molar-refractivity contribution is 5.81. The molecule has 0 aromatic heterocycles. The molecular formula is C10H19N. The first kappa shape index (κ1) is 10.4. The largest absolute Gasteiger partial charge is 0.286 e. The van der Waals surface area contributed by atoms with Gasteiger partial charge in [-0.3, -0.25) is 4.99 Å². The van der Waals surface area contributed by atoms with Crippen molar-refractivity contribution in [1.82, 2.24) is 0 Å². The molecule has 0 amide bonds. The molecule has 0 fully saturated rings. The molecule has 1 heterocycles. The predicted molar refractivity (Wildman–Crippen MR) is 52.3 cm³/mol. The summed E-state index contributed by atoms with van der Waals surface area (Å²) >= 11 is 0. The summed E-state index contributed by atoms with van der Waals surface area (Å²) in [5.41, 5.74) is 1.41. The smallest absolute Gasteiger partial charge is 0.0657 e. The molecule has 0 saturated carbocycles. The minimum absolute atomic E-state index is 0.437. The molecule has 0 saturated heterocycles. The minimum atomic E-state index is 0.437. The van der Waals surface area contributed by atoms with Gasteiger partial charge in [0, 0.05) is 6.21 Å². The van der Waals surface area contributed by atoms with Gasteiger partial charge in [0.05, 0.1) is 6.04 Å². The van der Waals surface area contributed by atoms with Gasteiger partial charge in [-0.25, -0.2) is 0 Å². The van der Waals surface area contributed by atoms with Gasteiger partial charge in [0.2, 0.25) is 0 Å². The molecule has 0 aromatic rings. The zero-order valence-corrected chi connectivity index (χ0v) is 8.09. The Hall–Kier alpha value is -0.590. The van der Waals surface area contributed by atoms with Crippen LogP contribution in [0.5, 0.6) is 0 Å². The fourth-order valence-electron chi connectivity index (χ4n) is 1.05. The zero-order chi connectivity index (χ0) is 8.69. The third kappa shape index (κ3) is 3.97. The van der Waals surface area contributed by atoms with Crippen LogP contribution in [0.4, 0.5) is 0 Å². The first-order valence-corrected chi connectivity index (χ1v) is 4.57. The van der Waals surface area contributed by atoms with Crippen LogP contribution in [0.2, 0.25) is 0 Å². The van der Waals surface area contributed by atoms with Gasteiger partial charge in [0.1, 0.15) is 0 Å². The Morgan fingerprint density at radius 2 is 2.09 bits per heavy atom. The van der Waals surface area contributed by atoms with Crippen molar-refractivity contribution in [2.75, 3.05) is 0 Å². The third-order valence-electron chi connectivity index (χ3n) is 1.47. The second-order valence-corrected chi connectivity index (χ2v) is 2.51. The number of nitrogens with zero attached hydrogens (tertiary/aromatic N) is 1. The molecule has 1 atom stereocenters. The first-order chi connectivity index (χ1) is 5.33. The molecule has 0 spiro atoms. The second kappa shape index (κ2) is 6.14. The van der Waals surface area contributed by atoms with Crippen molar-refractivity contribution < 1.29 is 0 Å². The van der Waals surface area contributed by atoms with Crippen LogP contribution in [-0.4, -0.2) is 12.3 Å². The fourth-order valence-corrected chi connectivity index (χ4v) is 1.05. The molecule has 0 aliphatic carbocycles. The molecule has 1 heteroatoms. The molecule has 0 bridgehead atoms. The van der Waals surface area contributed by atoms with Gasteiger partial charge in [-0.15, -0.1) is 0 Å². The Bertz CT molecular complexity index is 145. The van der Waals surface area contributed by atoms with Crippen LogP contribution in [0.25, 0.3) is 0 Å². The van der Waals surface area contributed by atoms with E-state index in [2.05, 4.69) is 24.9 Å². The Kier molecular flexibility index (Phi) is 5.81. The highest BCUT2D eigenvalue weighted by atomic mass is 14.8. The molecule has 1 unspecified atom stereocenters. The summed E-state index contributed by atoms with van der Waals surface area (Å²) in [6, 6.07) is 0.437. The average Bonchev–Trinajstić information content (AvgIpc) is 2.41. The normalized spacial score (nSPS) is 20.7. The summed E-state index contributed by atoms with van der Waals surface area (Å²) in [5.74, 6) is 0. The van der Waals surface area contributed by atoms with Crippen LogP contribution in [-0.2, 0) is 0 Å². The van der Waals surface area contributed by atoms with E-state index in [-0.39, 0.29) is 0 Å². The van der Waals surface area contributed by atoms with E-state index in [9.17, 15) is 0 Å². The van der Waals surface area contributed by atoms with Gasteiger partial charge in [-0.1, -0.05) is 33.3 Å². The monoisotopic (exact) mass is 153 g/mol. The lowest BCUT2D eigenvalue weighted by atomic mass is 10.1. The molecule has 1 nitrogen and oxygen atoms in total. The number of rotatable bonds is 2. The molecule has 0 aromatic carbocycles. The van der Waals surface area contributed by atoms with E-state index in [0.717, 1.165) is 0 Å². The quantitative estimate of drug-likeness (QED) is 0.577. The molecule has 0 radical (unpaired) electrons. The van der Waals surface area contributed by atoms with Crippen LogP contribution in [0.15, 0.2) is 16.6 Å². The topological polar surface area (TPSA) is 12.4 Å². The zero-order valence-electron chi connectivity index (χ0n) is 8.09. The molecule has 0 N–H and O–H groups in total. The first-order valence-electron chi connectivity index (χ1n) is 4.57. The molecule has 64 valence electrons. The Balaban J connectivity index is 0.000000461. The van der Waals surface area contributed by atoms with Crippen LogP contribution >= 0.6 is 0 Å². The van der Waals surface area contributed by atoms with Crippen molar-refractivity contribution in [1.29, 1.82) is 0 Å². The summed E-state index contributed by atoms with van der Waals surface area (Å²) < 4.78 is 0.